The zero-order valence-electron chi connectivity index (χ0n) is 13.6. The summed E-state index contributed by atoms with van der Waals surface area (Å²) in [5, 5.41) is 12.2. The number of hydrogen-bond acceptors (Lipinski definition) is 6. The Morgan fingerprint density at radius 2 is 2.00 bits per heavy atom. The number of anilines is 1. The third-order valence-electron chi connectivity index (χ3n) is 3.74. The number of aromatic nitrogens is 3. The van der Waals surface area contributed by atoms with E-state index in [4.69, 9.17) is 9.72 Å². The molecule has 6 nitrogen and oxygen atoms in total. The number of nitrogens with zero attached hydrogens (tertiary/aromatic N) is 4. The Kier molecular flexibility index (Phi) is 5.87. The quantitative estimate of drug-likeness (QED) is 0.850. The Morgan fingerprint density at radius 3 is 2.67 bits per heavy atom. The SMILES string of the molecule is CCc1nnc(N2CCOCC2CNC(C)C)nc1CC. The van der Waals surface area contributed by atoms with Crippen LogP contribution in [0.25, 0.3) is 0 Å². The van der Waals surface area contributed by atoms with Gasteiger partial charge in [0.2, 0.25) is 5.95 Å². The molecule has 2 rings (SSSR count). The standard InChI is InChI=1S/C15H27N5O/c1-5-13-14(6-2)18-19-15(17-13)20-7-8-21-10-12(20)9-16-11(3)4/h11-12,16H,5-10H2,1-4H3. The lowest BCUT2D eigenvalue weighted by molar-refractivity contribution is 0.0921. The van der Waals surface area contributed by atoms with Crippen molar-refractivity contribution in [3.63, 3.8) is 0 Å². The van der Waals surface area contributed by atoms with Gasteiger partial charge in [0.25, 0.3) is 0 Å². The minimum atomic E-state index is 0.264. The minimum absolute atomic E-state index is 0.264. The van der Waals surface area contributed by atoms with Crippen LogP contribution < -0.4 is 10.2 Å². The molecule has 0 radical (unpaired) electrons. The molecule has 0 bridgehead atoms. The lowest BCUT2D eigenvalue weighted by Crippen LogP contribution is -2.52. The third kappa shape index (κ3) is 4.11. The molecule has 1 aliphatic rings. The third-order valence-corrected chi connectivity index (χ3v) is 3.74. The summed E-state index contributed by atoms with van der Waals surface area (Å²) in [5.41, 5.74) is 2.07. The van der Waals surface area contributed by atoms with E-state index >= 15 is 0 Å². The molecule has 0 amide bonds. The summed E-state index contributed by atoms with van der Waals surface area (Å²) >= 11 is 0. The highest BCUT2D eigenvalue weighted by Gasteiger charge is 2.26. The maximum Gasteiger partial charge on any atom is 0.246 e. The van der Waals surface area contributed by atoms with Gasteiger partial charge in [-0.1, -0.05) is 27.7 Å². The molecule has 118 valence electrons. The van der Waals surface area contributed by atoms with Gasteiger partial charge in [-0.2, -0.15) is 5.10 Å². The average molecular weight is 293 g/mol. The Balaban J connectivity index is 2.16. The van der Waals surface area contributed by atoms with Gasteiger partial charge in [0.05, 0.1) is 30.6 Å². The van der Waals surface area contributed by atoms with Gasteiger partial charge < -0.3 is 15.0 Å². The molecule has 1 aliphatic heterocycles. The van der Waals surface area contributed by atoms with Gasteiger partial charge in [-0.3, -0.25) is 0 Å². The molecule has 1 fully saturated rings. The fourth-order valence-corrected chi connectivity index (χ4v) is 2.51. The van der Waals surface area contributed by atoms with Crippen LogP contribution in [0.3, 0.4) is 0 Å². The minimum Gasteiger partial charge on any atom is -0.377 e. The summed E-state index contributed by atoms with van der Waals surface area (Å²) in [6.07, 6.45) is 1.77. The van der Waals surface area contributed by atoms with Crippen LogP contribution in [0.2, 0.25) is 0 Å². The Hall–Kier alpha value is -1.27. The number of nitrogens with one attached hydrogen (secondary N) is 1. The predicted octanol–water partition coefficient (Wildman–Crippen LogP) is 1.20. The first-order valence-corrected chi connectivity index (χ1v) is 7.95. The number of rotatable bonds is 6. The number of morpholine rings is 1. The molecule has 2 heterocycles. The van der Waals surface area contributed by atoms with Gasteiger partial charge >= 0.3 is 0 Å². The zero-order chi connectivity index (χ0) is 15.2. The summed E-state index contributed by atoms with van der Waals surface area (Å²) in [5.74, 6) is 0.739. The van der Waals surface area contributed by atoms with Crippen molar-refractivity contribution in [2.45, 2.75) is 52.6 Å². The molecule has 6 heteroatoms. The molecule has 0 saturated carbocycles. The predicted molar refractivity (Wildman–Crippen MR) is 83.7 cm³/mol. The van der Waals surface area contributed by atoms with Crippen molar-refractivity contribution < 1.29 is 4.74 Å². The molecule has 0 aromatic carbocycles. The van der Waals surface area contributed by atoms with Crippen LogP contribution in [0, 0.1) is 0 Å². The van der Waals surface area contributed by atoms with Crippen molar-refractivity contribution in [1.29, 1.82) is 0 Å². The van der Waals surface area contributed by atoms with E-state index in [1.807, 2.05) is 0 Å². The first kappa shape index (κ1) is 16.1. The lowest BCUT2D eigenvalue weighted by Gasteiger charge is -2.36. The highest BCUT2D eigenvalue weighted by Crippen LogP contribution is 2.16. The van der Waals surface area contributed by atoms with Crippen LogP contribution in [0.15, 0.2) is 0 Å². The van der Waals surface area contributed by atoms with E-state index in [1.165, 1.54) is 0 Å². The molecule has 1 N–H and O–H groups in total. The average Bonchev–Trinajstić information content (AvgIpc) is 2.52. The molecule has 0 spiro atoms. The summed E-state index contributed by atoms with van der Waals surface area (Å²) < 4.78 is 5.61. The summed E-state index contributed by atoms with van der Waals surface area (Å²) in [7, 11) is 0. The van der Waals surface area contributed by atoms with Crippen LogP contribution in [0.4, 0.5) is 5.95 Å². The van der Waals surface area contributed by atoms with E-state index in [0.717, 1.165) is 49.9 Å². The van der Waals surface area contributed by atoms with Gasteiger partial charge in [0.15, 0.2) is 0 Å². The van der Waals surface area contributed by atoms with Gasteiger partial charge in [-0.05, 0) is 12.8 Å². The molecular weight excluding hydrogens is 266 g/mol. The smallest absolute Gasteiger partial charge is 0.246 e. The molecule has 1 aromatic rings. The first-order chi connectivity index (χ1) is 10.2. The maximum atomic E-state index is 5.61. The topological polar surface area (TPSA) is 63.2 Å². The molecule has 1 aromatic heterocycles. The van der Waals surface area contributed by atoms with Crippen LogP contribution in [-0.2, 0) is 17.6 Å². The molecule has 1 atom stereocenters. The molecule has 1 saturated heterocycles. The Morgan fingerprint density at radius 1 is 1.24 bits per heavy atom. The number of ether oxygens (including phenoxy) is 1. The zero-order valence-corrected chi connectivity index (χ0v) is 13.6. The van der Waals surface area contributed by atoms with Crippen molar-refractivity contribution in [1.82, 2.24) is 20.5 Å². The Bertz CT molecular complexity index is 452. The van der Waals surface area contributed by atoms with E-state index < -0.39 is 0 Å². The second-order valence-corrected chi connectivity index (χ2v) is 5.70. The van der Waals surface area contributed by atoms with E-state index in [0.29, 0.717) is 12.6 Å². The normalized spacial score (nSPS) is 19.3. The lowest BCUT2D eigenvalue weighted by atomic mass is 10.2. The molecule has 1 unspecified atom stereocenters. The second-order valence-electron chi connectivity index (χ2n) is 5.70. The maximum absolute atomic E-state index is 5.61. The van der Waals surface area contributed by atoms with Gasteiger partial charge in [-0.25, -0.2) is 4.98 Å². The van der Waals surface area contributed by atoms with Crippen molar-refractivity contribution >= 4 is 5.95 Å². The van der Waals surface area contributed by atoms with Gasteiger partial charge in [0, 0.05) is 19.1 Å². The largest absolute Gasteiger partial charge is 0.377 e. The van der Waals surface area contributed by atoms with Crippen LogP contribution >= 0.6 is 0 Å². The summed E-state index contributed by atoms with van der Waals surface area (Å²) in [6, 6.07) is 0.724. The van der Waals surface area contributed by atoms with Crippen molar-refractivity contribution in [2.75, 3.05) is 31.2 Å². The molecule has 0 aliphatic carbocycles. The first-order valence-electron chi connectivity index (χ1n) is 7.95. The van der Waals surface area contributed by atoms with E-state index in [-0.39, 0.29) is 6.04 Å². The fourth-order valence-electron chi connectivity index (χ4n) is 2.51. The van der Waals surface area contributed by atoms with E-state index in [1.54, 1.807) is 0 Å². The van der Waals surface area contributed by atoms with E-state index in [2.05, 4.69) is 48.1 Å². The highest BCUT2D eigenvalue weighted by molar-refractivity contribution is 5.33. The van der Waals surface area contributed by atoms with Crippen LogP contribution in [0.5, 0.6) is 0 Å². The fraction of sp³-hybridized carbons (Fsp3) is 0.800. The number of aryl methyl sites for hydroxylation is 2. The highest BCUT2D eigenvalue weighted by atomic mass is 16.5. The van der Waals surface area contributed by atoms with Gasteiger partial charge in [-0.15, -0.1) is 5.10 Å². The van der Waals surface area contributed by atoms with Crippen molar-refractivity contribution in [3.8, 4) is 0 Å². The van der Waals surface area contributed by atoms with Crippen molar-refractivity contribution in [2.24, 2.45) is 0 Å². The Labute approximate surface area is 127 Å². The van der Waals surface area contributed by atoms with Gasteiger partial charge in [0.1, 0.15) is 0 Å². The van der Waals surface area contributed by atoms with Crippen molar-refractivity contribution in [3.05, 3.63) is 11.4 Å². The molecular formula is C15H27N5O. The number of hydrogen-bond donors (Lipinski definition) is 1. The molecule has 21 heavy (non-hydrogen) atoms. The van der Waals surface area contributed by atoms with Crippen LogP contribution in [-0.4, -0.2) is 53.6 Å². The monoisotopic (exact) mass is 293 g/mol. The second kappa shape index (κ2) is 7.66. The van der Waals surface area contributed by atoms with E-state index in [9.17, 15) is 0 Å². The van der Waals surface area contributed by atoms with Crippen LogP contribution in [0.1, 0.15) is 39.1 Å². The summed E-state index contributed by atoms with van der Waals surface area (Å²) in [4.78, 5) is 6.96. The summed E-state index contributed by atoms with van der Waals surface area (Å²) in [6.45, 7) is 11.6.